The molecule has 0 saturated heterocycles. The van der Waals surface area contributed by atoms with Crippen molar-refractivity contribution in [2.75, 3.05) is 40.9 Å². The molecule has 1 amide bonds. The Morgan fingerprint density at radius 2 is 1.09 bits per heavy atom. The summed E-state index contributed by atoms with van der Waals surface area (Å²) in [5.74, 6) is -0.327. The normalized spacial score (nSPS) is 15.1. The van der Waals surface area contributed by atoms with Crippen LogP contribution in [0.25, 0.3) is 0 Å². The molecule has 0 aliphatic carbocycles. The zero-order valence-corrected chi connectivity index (χ0v) is 36.7. The molecule has 0 aromatic heterocycles. The summed E-state index contributed by atoms with van der Waals surface area (Å²) >= 11 is 0. The molecular weight excluding hydrogens is 707 g/mol. The van der Waals surface area contributed by atoms with Gasteiger partial charge in [-0.25, -0.2) is 0 Å². The minimum Gasteiger partial charge on any atom is -0.756 e. The number of aliphatic hydroxyl groups is 1. The van der Waals surface area contributed by atoms with Crippen LogP contribution >= 0.6 is 7.82 Å². The number of nitrogens with zero attached hydrogens (tertiary/aromatic N) is 1. The molecule has 0 rings (SSSR count). The molecule has 0 fully saturated rings. The molecule has 8 nitrogen and oxygen atoms in total. The van der Waals surface area contributed by atoms with Gasteiger partial charge < -0.3 is 28.8 Å². The topological polar surface area (TPSA) is 108 Å². The van der Waals surface area contributed by atoms with E-state index in [9.17, 15) is 19.4 Å². The predicted octanol–water partition coefficient (Wildman–Crippen LogP) is 11.4. The lowest BCUT2D eigenvalue weighted by Gasteiger charge is -2.29. The first-order valence-corrected chi connectivity index (χ1v) is 23.3. The maximum Gasteiger partial charge on any atom is 0.268 e. The molecule has 0 saturated carbocycles. The van der Waals surface area contributed by atoms with E-state index in [4.69, 9.17) is 9.05 Å². The van der Waals surface area contributed by atoms with Gasteiger partial charge in [0, 0.05) is 6.42 Å². The first-order chi connectivity index (χ1) is 26.5. The Balaban J connectivity index is 4.58. The lowest BCUT2D eigenvalue weighted by molar-refractivity contribution is -0.870. The van der Waals surface area contributed by atoms with Crippen molar-refractivity contribution in [3.63, 3.8) is 0 Å². The second-order valence-electron chi connectivity index (χ2n) is 15.7. The molecule has 0 spiro atoms. The molecule has 2 N–H and O–H groups in total. The Morgan fingerprint density at radius 3 is 1.55 bits per heavy atom. The van der Waals surface area contributed by atoms with Gasteiger partial charge in [-0.05, 0) is 44.9 Å². The van der Waals surface area contributed by atoms with Gasteiger partial charge in [0.2, 0.25) is 5.91 Å². The minimum atomic E-state index is -4.61. The van der Waals surface area contributed by atoms with Gasteiger partial charge in [0.05, 0.1) is 39.9 Å². The van der Waals surface area contributed by atoms with Crippen molar-refractivity contribution in [3.05, 3.63) is 72.9 Å². The molecule has 0 aromatic carbocycles. The van der Waals surface area contributed by atoms with Gasteiger partial charge in [0.1, 0.15) is 13.2 Å². The molecule has 0 bridgehead atoms. The number of unbranched alkanes of at least 4 members (excludes halogenated alkanes) is 16. The third-order valence-corrected chi connectivity index (χ3v) is 10.2. The molecule has 0 aliphatic heterocycles. The van der Waals surface area contributed by atoms with Crippen molar-refractivity contribution in [3.8, 4) is 0 Å². The minimum absolute atomic E-state index is 0.0207. The van der Waals surface area contributed by atoms with Gasteiger partial charge in [-0.2, -0.15) is 0 Å². The smallest absolute Gasteiger partial charge is 0.268 e. The number of carbonyl (C=O) groups excluding carboxylic acids is 1. The highest BCUT2D eigenvalue weighted by Gasteiger charge is 2.22. The number of quaternary nitrogens is 1. The number of rotatable bonds is 38. The quantitative estimate of drug-likeness (QED) is 0.0279. The van der Waals surface area contributed by atoms with Crippen LogP contribution in [-0.2, 0) is 18.4 Å². The van der Waals surface area contributed by atoms with Crippen LogP contribution in [0.2, 0.25) is 0 Å². The molecule has 318 valence electrons. The zero-order chi connectivity index (χ0) is 40.7. The molecule has 55 heavy (non-hydrogen) atoms. The fourth-order valence-electron chi connectivity index (χ4n) is 5.75. The van der Waals surface area contributed by atoms with Crippen LogP contribution in [0.15, 0.2) is 72.9 Å². The Kier molecular flexibility index (Phi) is 36.1. The highest BCUT2D eigenvalue weighted by Crippen LogP contribution is 2.38. The SMILES string of the molecule is CC/C=C\C/C=C\C/C=C\C/C=C\C/C=C\CC(=O)NC(COP(=O)([O-])OCC[N+](C)(C)C)C(O)/C=C/CCCCCCCCCCCCCCCCCC. The largest absolute Gasteiger partial charge is 0.756 e. The van der Waals surface area contributed by atoms with Gasteiger partial charge in [0.15, 0.2) is 0 Å². The summed E-state index contributed by atoms with van der Waals surface area (Å²) in [7, 11) is 1.19. The number of hydrogen-bond acceptors (Lipinski definition) is 6. The summed E-state index contributed by atoms with van der Waals surface area (Å²) in [5, 5.41) is 13.7. The van der Waals surface area contributed by atoms with Crippen molar-refractivity contribution < 1.29 is 32.9 Å². The number of allylic oxidation sites excluding steroid dienone is 10. The van der Waals surface area contributed by atoms with E-state index in [1.807, 2.05) is 33.3 Å². The van der Waals surface area contributed by atoms with Gasteiger partial charge in [-0.1, -0.05) is 183 Å². The fraction of sp³-hybridized carbons (Fsp3) is 0.717. The molecule has 0 heterocycles. The van der Waals surface area contributed by atoms with E-state index < -0.39 is 26.6 Å². The van der Waals surface area contributed by atoms with Gasteiger partial charge in [0.25, 0.3) is 7.82 Å². The van der Waals surface area contributed by atoms with Crippen LogP contribution in [0.3, 0.4) is 0 Å². The van der Waals surface area contributed by atoms with E-state index in [2.05, 4.69) is 67.8 Å². The molecular formula is C46H83N2O6P. The lowest BCUT2D eigenvalue weighted by atomic mass is 10.0. The fourth-order valence-corrected chi connectivity index (χ4v) is 6.47. The number of nitrogens with one attached hydrogen (secondary N) is 1. The summed E-state index contributed by atoms with van der Waals surface area (Å²) in [6.07, 6.45) is 49.8. The zero-order valence-electron chi connectivity index (χ0n) is 35.9. The Hall–Kier alpha value is -2.06. The van der Waals surface area contributed by atoms with Crippen molar-refractivity contribution in [1.82, 2.24) is 5.32 Å². The molecule has 3 unspecified atom stereocenters. The average Bonchev–Trinajstić information content (AvgIpc) is 3.13. The molecule has 0 radical (unpaired) electrons. The van der Waals surface area contributed by atoms with Crippen molar-refractivity contribution >= 4 is 13.7 Å². The van der Waals surface area contributed by atoms with Crippen LogP contribution in [0.4, 0.5) is 0 Å². The van der Waals surface area contributed by atoms with E-state index >= 15 is 0 Å². The van der Waals surface area contributed by atoms with Crippen LogP contribution in [0.5, 0.6) is 0 Å². The summed E-state index contributed by atoms with van der Waals surface area (Å²) in [5.41, 5.74) is 0. The van der Waals surface area contributed by atoms with Gasteiger partial charge >= 0.3 is 0 Å². The van der Waals surface area contributed by atoms with E-state index in [1.165, 1.54) is 89.9 Å². The van der Waals surface area contributed by atoms with E-state index in [1.54, 1.807) is 12.2 Å². The summed E-state index contributed by atoms with van der Waals surface area (Å²) in [4.78, 5) is 25.2. The van der Waals surface area contributed by atoms with Crippen molar-refractivity contribution in [2.24, 2.45) is 0 Å². The van der Waals surface area contributed by atoms with Crippen molar-refractivity contribution in [2.45, 2.75) is 174 Å². The summed E-state index contributed by atoms with van der Waals surface area (Å²) in [6.45, 7) is 4.44. The van der Waals surface area contributed by atoms with E-state index in [-0.39, 0.29) is 18.9 Å². The highest BCUT2D eigenvalue weighted by atomic mass is 31.2. The maximum atomic E-state index is 12.8. The summed E-state index contributed by atoms with van der Waals surface area (Å²) in [6, 6.07) is -0.943. The lowest BCUT2D eigenvalue weighted by Crippen LogP contribution is -2.45. The van der Waals surface area contributed by atoms with Gasteiger partial charge in [-0.15, -0.1) is 0 Å². The predicted molar refractivity (Wildman–Crippen MR) is 233 cm³/mol. The standard InChI is InChI=1S/C46H83N2O6P/c1-6-8-10-12-14-16-18-20-22-23-24-26-27-29-31-33-35-37-39-45(49)44(43-54-55(51,52)53-42-41-48(3,4)5)47-46(50)40-38-36-34-32-30-28-25-21-19-17-15-13-11-9-7-2/h9,11,15,17,21,25,30,32,36-39,44-45,49H,6-8,10,12-14,16,18-20,22-24,26-29,31,33-35,40-43H2,1-5H3,(H-,47,50,51,52)/b11-9-,17-15-,25-21-,32-30-,38-36-,39-37+. The average molecular weight is 791 g/mol. The number of phosphoric acid groups is 1. The van der Waals surface area contributed by atoms with Crippen LogP contribution < -0.4 is 10.2 Å². The molecule has 9 heteroatoms. The summed E-state index contributed by atoms with van der Waals surface area (Å²) < 4.78 is 23.1. The Bertz CT molecular complexity index is 1120. The molecule has 0 aromatic rings. The Morgan fingerprint density at radius 1 is 0.655 bits per heavy atom. The monoisotopic (exact) mass is 791 g/mol. The number of likely N-dealkylation sites (N-methyl/N-ethyl adjacent to an activating group) is 1. The molecule has 0 aliphatic rings. The maximum absolute atomic E-state index is 12.8. The number of hydrogen-bond donors (Lipinski definition) is 2. The third kappa shape index (κ3) is 40.0. The van der Waals surface area contributed by atoms with Gasteiger partial charge in [-0.3, -0.25) is 9.36 Å². The second-order valence-corrected chi connectivity index (χ2v) is 17.1. The highest BCUT2D eigenvalue weighted by molar-refractivity contribution is 7.45. The van der Waals surface area contributed by atoms with Crippen LogP contribution in [0.1, 0.15) is 162 Å². The van der Waals surface area contributed by atoms with Crippen LogP contribution in [0, 0.1) is 0 Å². The van der Waals surface area contributed by atoms with Crippen LogP contribution in [-0.4, -0.2) is 68.5 Å². The first kappa shape index (κ1) is 52.9. The first-order valence-electron chi connectivity index (χ1n) is 21.8. The number of phosphoric ester groups is 1. The second kappa shape index (κ2) is 37.5. The van der Waals surface area contributed by atoms with E-state index in [0.29, 0.717) is 17.4 Å². The number of amides is 1. The number of carbonyl (C=O) groups is 1. The number of aliphatic hydroxyl groups excluding tert-OH is 1. The third-order valence-electron chi connectivity index (χ3n) is 9.20. The van der Waals surface area contributed by atoms with E-state index in [0.717, 1.165) is 44.9 Å². The Labute approximate surface area is 338 Å². The molecule has 3 atom stereocenters. The van der Waals surface area contributed by atoms with Crippen molar-refractivity contribution in [1.29, 1.82) is 0 Å².